The molecule has 0 heterocycles. The number of rotatable bonds is 15. The van der Waals surface area contributed by atoms with Gasteiger partial charge in [0.2, 0.25) is 0 Å². The molecule has 76 heavy (non-hydrogen) atoms. The van der Waals surface area contributed by atoms with Gasteiger partial charge in [-0.1, -0.05) is 254 Å². The molecule has 0 saturated heterocycles. The first-order chi connectivity index (χ1) is 35.9. The van der Waals surface area contributed by atoms with Crippen LogP contribution in [-0.4, -0.2) is 27.1 Å². The fourth-order valence-electron chi connectivity index (χ4n) is 11.6. The summed E-state index contributed by atoms with van der Waals surface area (Å²) in [6.45, 7) is 43.0. The fraction of sp³-hybridized carbons (Fsp3) is 0.380. The van der Waals surface area contributed by atoms with Crippen LogP contribution in [0.4, 0.5) is 34.1 Å². The van der Waals surface area contributed by atoms with Gasteiger partial charge < -0.3 is 9.80 Å². The minimum absolute atomic E-state index is 0.0695. The van der Waals surface area contributed by atoms with Crippen molar-refractivity contribution < 1.29 is 0 Å². The third-order valence-corrected chi connectivity index (χ3v) is 24.4. The molecule has 0 spiro atoms. The molecule has 0 fully saturated rings. The summed E-state index contributed by atoms with van der Waals surface area (Å²) in [5, 5.41) is 9.74. The first-order valence-corrected chi connectivity index (χ1v) is 35.2. The molecule has 8 aromatic rings. The highest BCUT2D eigenvalue weighted by atomic mass is 28.3. The second kappa shape index (κ2) is 22.5. The zero-order valence-corrected chi connectivity index (χ0v) is 53.9. The Balaban J connectivity index is 1.64. The highest BCUT2D eigenvalue weighted by Gasteiger charge is 2.31. The normalized spacial score (nSPS) is 12.8. The molecule has 0 aliphatic carbocycles. The van der Waals surface area contributed by atoms with E-state index >= 15 is 0 Å². The van der Waals surface area contributed by atoms with Crippen LogP contribution in [0.5, 0.6) is 0 Å². The largest absolute Gasteiger partial charge is 0.309 e. The monoisotopic (exact) mass is 1060 g/mol. The Morgan fingerprint density at radius 3 is 1.20 bits per heavy atom. The van der Waals surface area contributed by atoms with E-state index in [1.807, 2.05) is 0 Å². The second-order valence-corrected chi connectivity index (χ2v) is 36.1. The molecular weight excluding hydrogens is 965 g/mol. The van der Waals surface area contributed by atoms with Crippen molar-refractivity contribution in [3.05, 3.63) is 173 Å². The lowest BCUT2D eigenvalue weighted by Crippen LogP contribution is -2.33. The molecule has 0 aliphatic heterocycles. The average molecular weight is 1060 g/mol. The van der Waals surface area contributed by atoms with Crippen LogP contribution in [0.1, 0.15) is 146 Å². The highest BCUT2D eigenvalue weighted by molar-refractivity contribution is 6.74. The summed E-state index contributed by atoms with van der Waals surface area (Å²) >= 11 is 0. The molecule has 8 aromatic carbocycles. The van der Waals surface area contributed by atoms with E-state index in [2.05, 4.69) is 280 Å². The Kier molecular flexibility index (Phi) is 16.8. The molecule has 2 nitrogen and oxygen atoms in total. The molecular formula is C71H92N2Si3. The predicted octanol–water partition coefficient (Wildman–Crippen LogP) is 18.3. The first-order valence-electron chi connectivity index (χ1n) is 29.1. The molecule has 0 aromatic heterocycles. The van der Waals surface area contributed by atoms with Gasteiger partial charge in [0.15, 0.2) is 0 Å². The van der Waals surface area contributed by atoms with Gasteiger partial charge in [-0.25, -0.2) is 0 Å². The van der Waals surface area contributed by atoms with E-state index in [0.29, 0.717) is 0 Å². The van der Waals surface area contributed by atoms with Crippen molar-refractivity contribution in [2.24, 2.45) is 0 Å². The summed E-state index contributed by atoms with van der Waals surface area (Å²) < 4.78 is 0. The number of aryl methyl sites for hydroxylation is 1. The van der Waals surface area contributed by atoms with E-state index < -0.39 is 27.1 Å². The van der Waals surface area contributed by atoms with E-state index in [4.69, 9.17) is 0 Å². The Labute approximate surface area is 466 Å². The Hall–Kier alpha value is -5.47. The average Bonchev–Trinajstić information content (AvgIpc) is 3.44. The van der Waals surface area contributed by atoms with Crippen LogP contribution in [-0.2, 0) is 21.7 Å². The molecule has 398 valence electrons. The third-order valence-electron chi connectivity index (χ3n) is 16.4. The molecule has 0 saturated carbocycles. The van der Waals surface area contributed by atoms with E-state index in [1.165, 1.54) is 125 Å². The molecule has 5 heteroatoms. The lowest BCUT2D eigenvalue weighted by Gasteiger charge is -2.36. The Bertz CT molecular complexity index is 3270. The van der Waals surface area contributed by atoms with Crippen molar-refractivity contribution in [1.29, 1.82) is 0 Å². The summed E-state index contributed by atoms with van der Waals surface area (Å²) in [6, 6.07) is 64.7. The number of anilines is 6. The number of nitrogens with zero attached hydrogens (tertiary/aromatic N) is 2. The van der Waals surface area contributed by atoms with Crippen LogP contribution < -0.4 is 25.4 Å². The van der Waals surface area contributed by atoms with Gasteiger partial charge in [-0.05, 0) is 122 Å². The van der Waals surface area contributed by atoms with Crippen molar-refractivity contribution in [2.45, 2.75) is 177 Å². The van der Waals surface area contributed by atoms with Crippen molar-refractivity contribution >= 4 is 98.3 Å². The maximum atomic E-state index is 2.74. The highest BCUT2D eigenvalue weighted by Crippen LogP contribution is 2.53. The summed E-state index contributed by atoms with van der Waals surface area (Å²) in [7, 11) is -2.96. The quantitative estimate of drug-likeness (QED) is 0.0573. The molecule has 0 unspecified atom stereocenters. The SMILES string of the molecule is CC[SiH2]c1cc(N(c2cc(C(C)(C)C)cc(C(C)(C)C)c2)c2c3ccccc3c(N(c3cc(C)cc([SiH](CC)CC)c3)c3cc(C(C)(C)C)cc(C(C)(C)C)c3)c3ccc(-c4ccccc4)cc23)cc([SiH](CC)CC)c1. The smallest absolute Gasteiger partial charge is 0.0704 e. The van der Waals surface area contributed by atoms with Crippen molar-refractivity contribution in [2.75, 3.05) is 9.80 Å². The fourth-order valence-corrected chi connectivity index (χ4v) is 18.0. The number of benzene rings is 8. The van der Waals surface area contributed by atoms with Crippen LogP contribution >= 0.6 is 0 Å². The van der Waals surface area contributed by atoms with Gasteiger partial charge in [0.1, 0.15) is 0 Å². The van der Waals surface area contributed by atoms with Crippen LogP contribution in [0.3, 0.4) is 0 Å². The molecule has 0 N–H and O–H groups in total. The maximum Gasteiger partial charge on any atom is 0.0704 e. The lowest BCUT2D eigenvalue weighted by atomic mass is 9.80. The first kappa shape index (κ1) is 56.7. The van der Waals surface area contributed by atoms with Crippen molar-refractivity contribution in [3.8, 4) is 11.1 Å². The standard InChI is InChI=1S/C71H92N2Si3/c1-19-74-59-44-58(46-61(47-59)76(22-4)23-5)73(57-42-53(70(13,14)15)39-54(43-57)71(16,17)18)67-63-32-28-27-31-62(63)66(64-34-33-50(37-65(64)67)49-29-25-24-26-30-49)72(55-35-48(6)36-60(45-55)75(20-2)21-3)56-40-51(68(7,8)9)38-52(41-56)69(10,11)12/h24-47,75-76H,19-23,74H2,1-18H3. The van der Waals surface area contributed by atoms with Crippen molar-refractivity contribution in [3.63, 3.8) is 0 Å². The van der Waals surface area contributed by atoms with Crippen LogP contribution in [0.2, 0.25) is 30.2 Å². The molecule has 0 aliphatic rings. The maximum absolute atomic E-state index is 2.74. The van der Waals surface area contributed by atoms with E-state index in [9.17, 15) is 0 Å². The zero-order valence-electron chi connectivity index (χ0n) is 50.1. The third kappa shape index (κ3) is 12.0. The summed E-state index contributed by atoms with van der Waals surface area (Å²) in [5.74, 6) is 0. The molecule has 8 rings (SSSR count). The van der Waals surface area contributed by atoms with E-state index in [-0.39, 0.29) is 21.7 Å². The Morgan fingerprint density at radius 1 is 0.368 bits per heavy atom. The Morgan fingerprint density at radius 2 is 0.763 bits per heavy atom. The van der Waals surface area contributed by atoms with Gasteiger partial charge in [0.05, 0.1) is 38.5 Å². The molecule has 0 amide bonds. The minimum atomic E-state index is -1.24. The van der Waals surface area contributed by atoms with Gasteiger partial charge in [0, 0.05) is 44.3 Å². The minimum Gasteiger partial charge on any atom is -0.309 e. The van der Waals surface area contributed by atoms with Gasteiger partial charge >= 0.3 is 0 Å². The van der Waals surface area contributed by atoms with Crippen LogP contribution in [0, 0.1) is 6.92 Å². The topological polar surface area (TPSA) is 6.48 Å². The number of hydrogen-bond acceptors (Lipinski definition) is 2. The summed E-state index contributed by atoms with van der Waals surface area (Å²) in [4.78, 5) is 5.44. The zero-order chi connectivity index (χ0) is 55.1. The van der Waals surface area contributed by atoms with Crippen LogP contribution in [0.25, 0.3) is 32.7 Å². The van der Waals surface area contributed by atoms with Gasteiger partial charge in [-0.2, -0.15) is 0 Å². The van der Waals surface area contributed by atoms with Gasteiger partial charge in [-0.15, -0.1) is 0 Å². The molecule has 0 radical (unpaired) electrons. The summed E-state index contributed by atoms with van der Waals surface area (Å²) in [6.07, 6.45) is 0. The van der Waals surface area contributed by atoms with Crippen LogP contribution in [0.15, 0.2) is 146 Å². The number of hydrogen-bond donors (Lipinski definition) is 0. The van der Waals surface area contributed by atoms with E-state index in [1.54, 1.807) is 15.6 Å². The summed E-state index contributed by atoms with van der Waals surface area (Å²) in [5.41, 5.74) is 16.4. The molecule has 0 atom stereocenters. The number of fused-ring (bicyclic) bond motifs is 2. The lowest BCUT2D eigenvalue weighted by molar-refractivity contribution is 0.568. The van der Waals surface area contributed by atoms with Gasteiger partial charge in [0.25, 0.3) is 0 Å². The van der Waals surface area contributed by atoms with Gasteiger partial charge in [-0.3, -0.25) is 0 Å². The van der Waals surface area contributed by atoms with Crippen molar-refractivity contribution in [1.82, 2.24) is 0 Å². The second-order valence-electron chi connectivity index (χ2n) is 26.4. The predicted molar refractivity (Wildman–Crippen MR) is 350 cm³/mol. The molecule has 0 bridgehead atoms. The van der Waals surface area contributed by atoms with E-state index in [0.717, 1.165) is 0 Å².